The van der Waals surface area contributed by atoms with Gasteiger partial charge in [0, 0.05) is 11.6 Å². The molecule has 4 heteroatoms. The smallest absolute Gasteiger partial charge is 0.227 e. The van der Waals surface area contributed by atoms with Crippen LogP contribution in [0.25, 0.3) is 0 Å². The fourth-order valence-electron chi connectivity index (χ4n) is 2.41. The number of benzene rings is 1. The van der Waals surface area contributed by atoms with Gasteiger partial charge in [0.15, 0.2) is 0 Å². The summed E-state index contributed by atoms with van der Waals surface area (Å²) in [5.74, 6) is 1.13. The quantitative estimate of drug-likeness (QED) is 0.869. The lowest BCUT2D eigenvalue weighted by atomic mass is 9.97. The molecule has 1 amide bonds. The average molecular weight is 276 g/mol. The van der Waals surface area contributed by atoms with Gasteiger partial charge < -0.3 is 15.4 Å². The van der Waals surface area contributed by atoms with Crippen LogP contribution in [0.5, 0.6) is 5.75 Å². The van der Waals surface area contributed by atoms with E-state index in [-0.39, 0.29) is 11.8 Å². The molecule has 20 heavy (non-hydrogen) atoms. The zero-order valence-electron chi connectivity index (χ0n) is 12.4. The van der Waals surface area contributed by atoms with Crippen molar-refractivity contribution in [3.8, 4) is 5.75 Å². The Kier molecular flexibility index (Phi) is 5.41. The molecule has 2 rings (SSSR count). The molecule has 0 radical (unpaired) electrons. The largest absolute Gasteiger partial charge is 0.494 e. The lowest BCUT2D eigenvalue weighted by molar-refractivity contribution is -0.120. The number of hydrogen-bond acceptors (Lipinski definition) is 3. The predicted molar refractivity (Wildman–Crippen MR) is 81.2 cm³/mol. The summed E-state index contributed by atoms with van der Waals surface area (Å²) in [7, 11) is 0. The summed E-state index contributed by atoms with van der Waals surface area (Å²) in [5, 5.41) is 6.32. The van der Waals surface area contributed by atoms with E-state index in [1.54, 1.807) is 0 Å². The monoisotopic (exact) mass is 276 g/mol. The zero-order valence-corrected chi connectivity index (χ0v) is 12.4. The van der Waals surface area contributed by atoms with Gasteiger partial charge in [-0.1, -0.05) is 6.92 Å². The molecular formula is C16H24N2O2. The molecule has 1 aliphatic rings. The second-order valence-corrected chi connectivity index (χ2v) is 5.34. The molecule has 1 aromatic carbocycles. The van der Waals surface area contributed by atoms with E-state index >= 15 is 0 Å². The molecule has 1 aromatic rings. The Balaban J connectivity index is 1.96. The maximum absolute atomic E-state index is 12.2. The highest BCUT2D eigenvalue weighted by Crippen LogP contribution is 2.23. The van der Waals surface area contributed by atoms with E-state index in [9.17, 15) is 4.79 Å². The fourth-order valence-corrected chi connectivity index (χ4v) is 2.41. The maximum Gasteiger partial charge on any atom is 0.227 e. The molecule has 0 unspecified atom stereocenters. The van der Waals surface area contributed by atoms with Gasteiger partial charge in [-0.2, -0.15) is 0 Å². The van der Waals surface area contributed by atoms with Gasteiger partial charge in [0.1, 0.15) is 5.75 Å². The molecule has 1 aliphatic heterocycles. The molecule has 1 fully saturated rings. The zero-order chi connectivity index (χ0) is 14.4. The third-order valence-corrected chi connectivity index (χ3v) is 3.64. The first-order valence-corrected chi connectivity index (χ1v) is 7.45. The summed E-state index contributed by atoms with van der Waals surface area (Å²) >= 11 is 0. The Morgan fingerprint density at radius 2 is 2.15 bits per heavy atom. The van der Waals surface area contributed by atoms with E-state index in [4.69, 9.17) is 4.74 Å². The van der Waals surface area contributed by atoms with Crippen LogP contribution in [0.3, 0.4) is 0 Å². The van der Waals surface area contributed by atoms with Crippen molar-refractivity contribution in [1.29, 1.82) is 0 Å². The Morgan fingerprint density at radius 3 is 2.80 bits per heavy atom. The Morgan fingerprint density at radius 1 is 1.40 bits per heavy atom. The molecule has 1 heterocycles. The van der Waals surface area contributed by atoms with E-state index in [1.165, 1.54) is 0 Å². The van der Waals surface area contributed by atoms with Gasteiger partial charge in [-0.05, 0) is 63.0 Å². The van der Waals surface area contributed by atoms with Gasteiger partial charge >= 0.3 is 0 Å². The summed E-state index contributed by atoms with van der Waals surface area (Å²) in [5.41, 5.74) is 1.93. The van der Waals surface area contributed by atoms with Crippen LogP contribution in [0.15, 0.2) is 18.2 Å². The van der Waals surface area contributed by atoms with E-state index in [1.807, 2.05) is 25.1 Å². The normalized spacial score (nSPS) is 15.9. The SMILES string of the molecule is CCCOc1ccc(NC(=O)C2CCNCC2)c(C)c1. The third kappa shape index (κ3) is 3.97. The van der Waals surface area contributed by atoms with Crippen molar-refractivity contribution in [2.45, 2.75) is 33.1 Å². The molecule has 1 saturated heterocycles. The number of aryl methyl sites for hydroxylation is 1. The Labute approximate surface area is 120 Å². The number of piperidine rings is 1. The molecule has 110 valence electrons. The second-order valence-electron chi connectivity index (χ2n) is 5.34. The molecule has 0 aromatic heterocycles. The highest BCUT2D eigenvalue weighted by atomic mass is 16.5. The number of anilines is 1. The molecule has 0 aliphatic carbocycles. The lowest BCUT2D eigenvalue weighted by Crippen LogP contribution is -2.34. The van der Waals surface area contributed by atoms with Gasteiger partial charge in [0.25, 0.3) is 0 Å². The molecule has 4 nitrogen and oxygen atoms in total. The number of carbonyl (C=O) groups is 1. The molecule has 0 spiro atoms. The van der Waals surface area contributed by atoms with Crippen LogP contribution >= 0.6 is 0 Å². The minimum absolute atomic E-state index is 0.131. The number of hydrogen-bond donors (Lipinski definition) is 2. The number of amides is 1. The average Bonchev–Trinajstić information content (AvgIpc) is 2.48. The minimum Gasteiger partial charge on any atom is -0.494 e. The summed E-state index contributed by atoms with van der Waals surface area (Å²) < 4.78 is 5.59. The number of carbonyl (C=O) groups excluding carboxylic acids is 1. The van der Waals surface area contributed by atoms with E-state index in [2.05, 4.69) is 17.6 Å². The molecular weight excluding hydrogens is 252 g/mol. The van der Waals surface area contributed by atoms with Crippen molar-refractivity contribution >= 4 is 11.6 Å². The van der Waals surface area contributed by atoms with Crippen LogP contribution in [-0.4, -0.2) is 25.6 Å². The van der Waals surface area contributed by atoms with Gasteiger partial charge in [-0.3, -0.25) is 4.79 Å². The highest BCUT2D eigenvalue weighted by Gasteiger charge is 2.21. The fraction of sp³-hybridized carbons (Fsp3) is 0.562. The Bertz CT molecular complexity index is 454. The number of rotatable bonds is 5. The van der Waals surface area contributed by atoms with Crippen molar-refractivity contribution in [2.24, 2.45) is 5.92 Å². The van der Waals surface area contributed by atoms with Gasteiger partial charge in [0.2, 0.25) is 5.91 Å². The van der Waals surface area contributed by atoms with Gasteiger partial charge in [-0.25, -0.2) is 0 Å². The standard InChI is InChI=1S/C16H24N2O2/c1-3-10-20-14-4-5-15(12(2)11-14)18-16(19)13-6-8-17-9-7-13/h4-5,11,13,17H,3,6-10H2,1-2H3,(H,18,19). The van der Waals surface area contributed by atoms with Crippen molar-refractivity contribution < 1.29 is 9.53 Å². The predicted octanol–water partition coefficient (Wildman–Crippen LogP) is 2.72. The molecule has 0 saturated carbocycles. The van der Waals surface area contributed by atoms with E-state index < -0.39 is 0 Å². The van der Waals surface area contributed by atoms with Crippen molar-refractivity contribution in [1.82, 2.24) is 5.32 Å². The molecule has 0 atom stereocenters. The van der Waals surface area contributed by atoms with Gasteiger partial charge in [-0.15, -0.1) is 0 Å². The topological polar surface area (TPSA) is 50.4 Å². The van der Waals surface area contributed by atoms with Crippen molar-refractivity contribution in [3.05, 3.63) is 23.8 Å². The summed E-state index contributed by atoms with van der Waals surface area (Å²) in [4.78, 5) is 12.2. The van der Waals surface area contributed by atoms with Crippen molar-refractivity contribution in [3.63, 3.8) is 0 Å². The highest BCUT2D eigenvalue weighted by molar-refractivity contribution is 5.93. The van der Waals surface area contributed by atoms with E-state index in [0.29, 0.717) is 0 Å². The maximum atomic E-state index is 12.2. The van der Waals surface area contributed by atoms with Crippen LogP contribution in [-0.2, 0) is 4.79 Å². The molecule has 0 bridgehead atoms. The van der Waals surface area contributed by atoms with Crippen LogP contribution in [0.4, 0.5) is 5.69 Å². The first kappa shape index (κ1) is 14.9. The van der Waals surface area contributed by atoms with E-state index in [0.717, 1.165) is 56.0 Å². The summed E-state index contributed by atoms with van der Waals surface area (Å²) in [6.45, 7) is 6.67. The van der Waals surface area contributed by atoms with Crippen LogP contribution in [0.2, 0.25) is 0 Å². The van der Waals surface area contributed by atoms with Crippen molar-refractivity contribution in [2.75, 3.05) is 25.0 Å². The van der Waals surface area contributed by atoms with Crippen LogP contribution in [0, 0.1) is 12.8 Å². The first-order valence-electron chi connectivity index (χ1n) is 7.45. The third-order valence-electron chi connectivity index (χ3n) is 3.64. The molecule has 2 N–H and O–H groups in total. The van der Waals surface area contributed by atoms with Gasteiger partial charge in [0.05, 0.1) is 6.61 Å². The first-order chi connectivity index (χ1) is 9.70. The Hall–Kier alpha value is -1.55. The number of nitrogens with one attached hydrogen (secondary N) is 2. The summed E-state index contributed by atoms with van der Waals surface area (Å²) in [6.07, 6.45) is 2.83. The minimum atomic E-state index is 0.131. The summed E-state index contributed by atoms with van der Waals surface area (Å²) in [6, 6.07) is 5.83. The van der Waals surface area contributed by atoms with Crippen LogP contribution in [0.1, 0.15) is 31.7 Å². The van der Waals surface area contributed by atoms with Crippen LogP contribution < -0.4 is 15.4 Å². The lowest BCUT2D eigenvalue weighted by Gasteiger charge is -2.22. The number of ether oxygens (including phenoxy) is 1. The second kappa shape index (κ2) is 7.29.